The van der Waals surface area contributed by atoms with E-state index in [2.05, 4.69) is 4.90 Å². The van der Waals surface area contributed by atoms with Crippen molar-refractivity contribution < 1.29 is 9.53 Å². The fraction of sp³-hybridized carbons (Fsp3) is 0.900. The Bertz CT molecular complexity index is 197. The smallest absolute Gasteiger partial charge is 0.323 e. The second kappa shape index (κ2) is 3.66. The lowest BCUT2D eigenvalue weighted by Crippen LogP contribution is -2.52. The van der Waals surface area contributed by atoms with Crippen molar-refractivity contribution in [3.05, 3.63) is 0 Å². The van der Waals surface area contributed by atoms with E-state index in [9.17, 15) is 4.79 Å². The monoisotopic (exact) mass is 183 g/mol. The highest BCUT2D eigenvalue weighted by Gasteiger charge is 2.38. The van der Waals surface area contributed by atoms with Crippen molar-refractivity contribution in [2.45, 2.75) is 32.2 Å². The molecule has 0 spiro atoms. The third kappa shape index (κ3) is 1.70. The van der Waals surface area contributed by atoms with Gasteiger partial charge in [-0.1, -0.05) is 0 Å². The molecule has 3 heterocycles. The van der Waals surface area contributed by atoms with Gasteiger partial charge in [0.25, 0.3) is 0 Å². The Morgan fingerprint density at radius 3 is 2.62 bits per heavy atom. The van der Waals surface area contributed by atoms with Crippen LogP contribution in [-0.4, -0.2) is 36.6 Å². The van der Waals surface area contributed by atoms with Crippen molar-refractivity contribution in [2.24, 2.45) is 5.92 Å². The first-order valence-electron chi connectivity index (χ1n) is 5.22. The van der Waals surface area contributed by atoms with Gasteiger partial charge in [-0.3, -0.25) is 9.69 Å². The summed E-state index contributed by atoms with van der Waals surface area (Å²) < 4.78 is 5.05. The van der Waals surface area contributed by atoms with E-state index in [0.29, 0.717) is 6.61 Å². The van der Waals surface area contributed by atoms with Crippen LogP contribution in [0.25, 0.3) is 0 Å². The summed E-state index contributed by atoms with van der Waals surface area (Å²) in [7, 11) is 0. The van der Waals surface area contributed by atoms with Crippen LogP contribution >= 0.6 is 0 Å². The highest BCUT2D eigenvalue weighted by molar-refractivity contribution is 5.76. The lowest BCUT2D eigenvalue weighted by Gasteiger charge is -2.43. The lowest BCUT2D eigenvalue weighted by atomic mass is 9.83. The van der Waals surface area contributed by atoms with E-state index < -0.39 is 0 Å². The first kappa shape index (κ1) is 9.00. The minimum Gasteiger partial charge on any atom is -0.465 e. The van der Waals surface area contributed by atoms with Crippen LogP contribution in [0.1, 0.15) is 26.2 Å². The average molecular weight is 183 g/mol. The Morgan fingerprint density at radius 1 is 1.46 bits per heavy atom. The molecule has 0 saturated carbocycles. The van der Waals surface area contributed by atoms with Gasteiger partial charge in [-0.15, -0.1) is 0 Å². The van der Waals surface area contributed by atoms with E-state index in [-0.39, 0.29) is 12.0 Å². The topological polar surface area (TPSA) is 29.5 Å². The molecule has 0 aromatic carbocycles. The summed E-state index contributed by atoms with van der Waals surface area (Å²) in [6, 6.07) is 0.0763. The SMILES string of the molecule is CCOC(=O)[C@@H]1CC2CCN1CC2. The Balaban J connectivity index is 1.96. The van der Waals surface area contributed by atoms with Crippen LogP contribution in [0.4, 0.5) is 0 Å². The van der Waals surface area contributed by atoms with E-state index in [1.807, 2.05) is 6.92 Å². The molecule has 0 aromatic heterocycles. The van der Waals surface area contributed by atoms with E-state index in [0.717, 1.165) is 25.4 Å². The van der Waals surface area contributed by atoms with E-state index in [1.165, 1.54) is 12.8 Å². The molecule has 3 fully saturated rings. The fourth-order valence-corrected chi connectivity index (χ4v) is 2.45. The molecule has 0 N–H and O–H groups in total. The molecule has 0 aliphatic carbocycles. The summed E-state index contributed by atoms with van der Waals surface area (Å²) in [5.74, 6) is 0.770. The van der Waals surface area contributed by atoms with Crippen molar-refractivity contribution in [3.63, 3.8) is 0 Å². The van der Waals surface area contributed by atoms with Gasteiger partial charge in [0.1, 0.15) is 6.04 Å². The molecule has 3 saturated heterocycles. The zero-order valence-electron chi connectivity index (χ0n) is 8.16. The minimum absolute atomic E-state index is 0.00750. The summed E-state index contributed by atoms with van der Waals surface area (Å²) in [5.41, 5.74) is 0. The zero-order chi connectivity index (χ0) is 9.26. The Morgan fingerprint density at radius 2 is 2.15 bits per heavy atom. The van der Waals surface area contributed by atoms with E-state index >= 15 is 0 Å². The number of hydrogen-bond acceptors (Lipinski definition) is 3. The third-order valence-corrected chi connectivity index (χ3v) is 3.21. The van der Waals surface area contributed by atoms with Crippen molar-refractivity contribution in [1.82, 2.24) is 4.90 Å². The number of hydrogen-bond donors (Lipinski definition) is 0. The number of ether oxygens (including phenoxy) is 1. The fourth-order valence-electron chi connectivity index (χ4n) is 2.45. The van der Waals surface area contributed by atoms with Gasteiger partial charge in [-0.2, -0.15) is 0 Å². The molecule has 0 unspecified atom stereocenters. The van der Waals surface area contributed by atoms with Crippen LogP contribution in [0.2, 0.25) is 0 Å². The summed E-state index contributed by atoms with van der Waals surface area (Å²) in [6.45, 7) is 4.56. The molecular formula is C10H17NO2. The lowest BCUT2D eigenvalue weighted by molar-refractivity contribution is -0.153. The van der Waals surface area contributed by atoms with Crippen molar-refractivity contribution in [2.75, 3.05) is 19.7 Å². The van der Waals surface area contributed by atoms with Gasteiger partial charge in [0, 0.05) is 0 Å². The number of rotatable bonds is 2. The predicted octanol–water partition coefficient (Wildman–Crippen LogP) is 1.03. The van der Waals surface area contributed by atoms with Crippen molar-refractivity contribution in [3.8, 4) is 0 Å². The maximum absolute atomic E-state index is 11.5. The Labute approximate surface area is 79.0 Å². The molecular weight excluding hydrogens is 166 g/mol. The molecule has 1 atom stereocenters. The minimum atomic E-state index is -0.00750. The number of carbonyl (C=O) groups excluding carboxylic acids is 1. The van der Waals surface area contributed by atoms with Crippen LogP contribution < -0.4 is 0 Å². The molecule has 0 amide bonds. The van der Waals surface area contributed by atoms with Gasteiger partial charge in [0.15, 0.2) is 0 Å². The van der Waals surface area contributed by atoms with Gasteiger partial charge in [0.05, 0.1) is 6.61 Å². The van der Waals surface area contributed by atoms with Gasteiger partial charge < -0.3 is 4.74 Å². The molecule has 74 valence electrons. The summed E-state index contributed by atoms with van der Waals surface area (Å²) >= 11 is 0. The summed E-state index contributed by atoms with van der Waals surface area (Å²) in [6.07, 6.45) is 3.57. The predicted molar refractivity (Wildman–Crippen MR) is 49.3 cm³/mol. The Hall–Kier alpha value is -0.570. The van der Waals surface area contributed by atoms with Gasteiger partial charge in [-0.25, -0.2) is 0 Å². The molecule has 13 heavy (non-hydrogen) atoms. The largest absolute Gasteiger partial charge is 0.465 e. The van der Waals surface area contributed by atoms with Crippen LogP contribution in [0.5, 0.6) is 0 Å². The molecule has 3 nitrogen and oxygen atoms in total. The third-order valence-electron chi connectivity index (χ3n) is 3.21. The molecule has 3 rings (SSSR count). The maximum Gasteiger partial charge on any atom is 0.323 e. The average Bonchev–Trinajstić information content (AvgIpc) is 2.20. The molecule has 0 radical (unpaired) electrons. The van der Waals surface area contributed by atoms with Crippen molar-refractivity contribution in [1.29, 1.82) is 0 Å². The summed E-state index contributed by atoms with van der Waals surface area (Å²) in [5, 5.41) is 0. The second-order valence-corrected chi connectivity index (χ2v) is 3.98. The number of esters is 1. The van der Waals surface area contributed by atoms with Crippen LogP contribution in [0.3, 0.4) is 0 Å². The van der Waals surface area contributed by atoms with Crippen molar-refractivity contribution >= 4 is 5.97 Å². The number of fused-ring (bicyclic) bond motifs is 3. The standard InChI is InChI=1S/C10H17NO2/c1-2-13-10(12)9-7-8-3-5-11(9)6-4-8/h8-9H,2-7H2,1H3/t9-/m0/s1. The molecule has 2 bridgehead atoms. The molecule has 3 aliphatic rings. The first-order chi connectivity index (χ1) is 6.31. The van der Waals surface area contributed by atoms with Crippen LogP contribution in [0, 0.1) is 5.92 Å². The van der Waals surface area contributed by atoms with Crippen LogP contribution in [0.15, 0.2) is 0 Å². The van der Waals surface area contributed by atoms with E-state index in [4.69, 9.17) is 4.74 Å². The summed E-state index contributed by atoms with van der Waals surface area (Å²) in [4.78, 5) is 13.8. The number of nitrogens with zero attached hydrogens (tertiary/aromatic N) is 1. The van der Waals surface area contributed by atoms with Gasteiger partial charge in [-0.05, 0) is 45.2 Å². The Kier molecular flexibility index (Phi) is 2.54. The molecule has 0 aromatic rings. The number of carbonyl (C=O) groups is 1. The maximum atomic E-state index is 11.5. The quantitative estimate of drug-likeness (QED) is 0.599. The molecule has 3 aliphatic heterocycles. The zero-order valence-corrected chi connectivity index (χ0v) is 8.16. The molecule has 3 heteroatoms. The number of piperidine rings is 3. The second-order valence-electron chi connectivity index (χ2n) is 3.98. The highest BCUT2D eigenvalue weighted by Crippen LogP contribution is 2.32. The van der Waals surface area contributed by atoms with E-state index in [1.54, 1.807) is 0 Å². The first-order valence-corrected chi connectivity index (χ1v) is 5.22. The van der Waals surface area contributed by atoms with Gasteiger partial charge >= 0.3 is 5.97 Å². The van der Waals surface area contributed by atoms with Crippen LogP contribution in [-0.2, 0) is 9.53 Å². The normalized spacial score (nSPS) is 37.5. The van der Waals surface area contributed by atoms with Gasteiger partial charge in [0.2, 0.25) is 0 Å². The highest BCUT2D eigenvalue weighted by atomic mass is 16.5.